The molecule has 0 aliphatic carbocycles. The monoisotopic (exact) mass is 369 g/mol. The molecule has 3 rings (SSSR count). The summed E-state index contributed by atoms with van der Waals surface area (Å²) in [5, 5.41) is 11.7. The van der Waals surface area contributed by atoms with E-state index in [1.807, 2.05) is 0 Å². The predicted molar refractivity (Wildman–Crippen MR) is 97.1 cm³/mol. The number of anilines is 1. The van der Waals surface area contributed by atoms with Gasteiger partial charge in [-0.15, -0.1) is 0 Å². The Morgan fingerprint density at radius 2 is 1.93 bits per heavy atom. The number of aromatic carboxylic acids is 1. The van der Waals surface area contributed by atoms with E-state index in [-0.39, 0.29) is 17.2 Å². The highest BCUT2D eigenvalue weighted by Crippen LogP contribution is 2.21. The summed E-state index contributed by atoms with van der Waals surface area (Å²) in [7, 11) is 0. The number of amides is 2. The first-order valence-electron chi connectivity index (χ1n) is 8.44. The van der Waals surface area contributed by atoms with Crippen molar-refractivity contribution in [1.29, 1.82) is 0 Å². The van der Waals surface area contributed by atoms with Crippen molar-refractivity contribution in [2.45, 2.75) is 6.92 Å². The number of benzene rings is 1. The topological polar surface area (TPSA) is 109 Å². The fraction of sp³-hybridized carbons (Fsp3) is 0.263. The molecule has 140 valence electrons. The average molecular weight is 369 g/mol. The number of carboxylic acid groups (broad SMARTS) is 1. The average Bonchev–Trinajstić information content (AvgIpc) is 2.69. The fourth-order valence-corrected chi connectivity index (χ4v) is 2.81. The molecule has 0 radical (unpaired) electrons. The number of pyridine rings is 1. The van der Waals surface area contributed by atoms with Gasteiger partial charge in [-0.1, -0.05) is 6.07 Å². The molecule has 2 aromatic rings. The number of rotatable bonds is 4. The van der Waals surface area contributed by atoms with Gasteiger partial charge in [0.2, 0.25) is 0 Å². The van der Waals surface area contributed by atoms with Crippen molar-refractivity contribution in [3.8, 4) is 0 Å². The van der Waals surface area contributed by atoms with Gasteiger partial charge in [0.05, 0.1) is 18.8 Å². The zero-order chi connectivity index (χ0) is 19.4. The number of carbonyl (C=O) groups is 3. The van der Waals surface area contributed by atoms with E-state index in [0.29, 0.717) is 43.1 Å². The number of carboxylic acids is 1. The van der Waals surface area contributed by atoms with Crippen LogP contribution in [0, 0.1) is 6.92 Å². The SMILES string of the molecule is Cc1c(NC(=O)c2cc(C(=O)O)ccn2)cccc1C(=O)N1CCOCC1. The van der Waals surface area contributed by atoms with Gasteiger partial charge in [0.15, 0.2) is 0 Å². The number of hydrogen-bond donors (Lipinski definition) is 2. The van der Waals surface area contributed by atoms with E-state index in [4.69, 9.17) is 9.84 Å². The van der Waals surface area contributed by atoms with Crippen LogP contribution < -0.4 is 5.32 Å². The molecule has 0 spiro atoms. The maximum absolute atomic E-state index is 12.7. The minimum Gasteiger partial charge on any atom is -0.478 e. The quantitative estimate of drug-likeness (QED) is 0.851. The molecule has 1 fully saturated rings. The van der Waals surface area contributed by atoms with Crippen LogP contribution in [0.25, 0.3) is 0 Å². The summed E-state index contributed by atoms with van der Waals surface area (Å²) in [6.45, 7) is 3.82. The van der Waals surface area contributed by atoms with Crippen molar-refractivity contribution in [2.24, 2.45) is 0 Å². The minimum absolute atomic E-state index is 0.0146. The van der Waals surface area contributed by atoms with Crippen molar-refractivity contribution < 1.29 is 24.2 Å². The zero-order valence-electron chi connectivity index (χ0n) is 14.8. The highest BCUT2D eigenvalue weighted by Gasteiger charge is 2.21. The van der Waals surface area contributed by atoms with Crippen LogP contribution in [-0.4, -0.2) is 59.1 Å². The molecule has 0 atom stereocenters. The van der Waals surface area contributed by atoms with Gasteiger partial charge in [-0.3, -0.25) is 14.6 Å². The van der Waals surface area contributed by atoms with Crippen LogP contribution in [0.4, 0.5) is 5.69 Å². The summed E-state index contributed by atoms with van der Waals surface area (Å²) >= 11 is 0. The summed E-state index contributed by atoms with van der Waals surface area (Å²) in [6, 6.07) is 7.61. The molecule has 1 aromatic carbocycles. The van der Waals surface area contributed by atoms with Crippen LogP contribution in [0.3, 0.4) is 0 Å². The Hall–Kier alpha value is -3.26. The van der Waals surface area contributed by atoms with Gasteiger partial charge in [0.25, 0.3) is 11.8 Å². The first kappa shape index (κ1) is 18.5. The van der Waals surface area contributed by atoms with Gasteiger partial charge in [-0.25, -0.2) is 4.79 Å². The Balaban J connectivity index is 1.81. The maximum atomic E-state index is 12.7. The molecule has 2 N–H and O–H groups in total. The normalized spacial score (nSPS) is 13.9. The van der Waals surface area contributed by atoms with Gasteiger partial charge in [0.1, 0.15) is 5.69 Å². The van der Waals surface area contributed by atoms with E-state index in [9.17, 15) is 14.4 Å². The molecule has 0 bridgehead atoms. The molecule has 2 heterocycles. The van der Waals surface area contributed by atoms with Gasteiger partial charge >= 0.3 is 5.97 Å². The van der Waals surface area contributed by atoms with Crippen molar-refractivity contribution in [3.63, 3.8) is 0 Å². The van der Waals surface area contributed by atoms with E-state index in [1.165, 1.54) is 18.3 Å². The van der Waals surface area contributed by atoms with Crippen molar-refractivity contribution >= 4 is 23.5 Å². The first-order chi connectivity index (χ1) is 13.0. The van der Waals surface area contributed by atoms with Gasteiger partial charge < -0.3 is 20.1 Å². The second-order valence-electron chi connectivity index (χ2n) is 6.07. The number of carbonyl (C=O) groups excluding carboxylic acids is 2. The summed E-state index contributed by atoms with van der Waals surface area (Å²) in [4.78, 5) is 41.9. The van der Waals surface area contributed by atoms with Crippen LogP contribution in [0.5, 0.6) is 0 Å². The van der Waals surface area contributed by atoms with E-state index >= 15 is 0 Å². The molecule has 8 heteroatoms. The van der Waals surface area contributed by atoms with Crippen LogP contribution in [0.2, 0.25) is 0 Å². The minimum atomic E-state index is -1.14. The number of aromatic nitrogens is 1. The van der Waals surface area contributed by atoms with Gasteiger partial charge in [-0.2, -0.15) is 0 Å². The smallest absolute Gasteiger partial charge is 0.335 e. The van der Waals surface area contributed by atoms with Crippen LogP contribution in [0.15, 0.2) is 36.5 Å². The predicted octanol–water partition coefficient (Wildman–Crippen LogP) is 1.81. The van der Waals surface area contributed by atoms with Crippen LogP contribution in [-0.2, 0) is 4.74 Å². The van der Waals surface area contributed by atoms with Gasteiger partial charge in [-0.05, 0) is 36.8 Å². The van der Waals surface area contributed by atoms with Crippen molar-refractivity contribution in [2.75, 3.05) is 31.6 Å². The lowest BCUT2D eigenvalue weighted by atomic mass is 10.0. The molecule has 2 amide bonds. The maximum Gasteiger partial charge on any atom is 0.335 e. The summed E-state index contributed by atoms with van der Waals surface area (Å²) in [6.07, 6.45) is 1.27. The lowest BCUT2D eigenvalue weighted by molar-refractivity contribution is 0.0302. The van der Waals surface area contributed by atoms with Crippen molar-refractivity contribution in [1.82, 2.24) is 9.88 Å². The standard InChI is InChI=1S/C19H19N3O5/c1-12-14(18(24)22-7-9-27-10-8-22)3-2-4-15(12)21-17(23)16-11-13(19(25)26)5-6-20-16/h2-6,11H,7-10H2,1H3,(H,21,23)(H,25,26). The second kappa shape index (κ2) is 7.96. The molecule has 8 nitrogen and oxygen atoms in total. The Labute approximate surface area is 155 Å². The number of ether oxygens (including phenoxy) is 1. The Kier molecular flexibility index (Phi) is 5.46. The molecular weight excluding hydrogens is 350 g/mol. The Morgan fingerprint density at radius 1 is 1.19 bits per heavy atom. The number of morpholine rings is 1. The first-order valence-corrected chi connectivity index (χ1v) is 8.44. The highest BCUT2D eigenvalue weighted by molar-refractivity contribution is 6.05. The van der Waals surface area contributed by atoms with Gasteiger partial charge in [0, 0.05) is 30.5 Å². The molecule has 0 saturated carbocycles. The largest absolute Gasteiger partial charge is 0.478 e. The van der Waals surface area contributed by atoms with E-state index in [2.05, 4.69) is 10.3 Å². The van der Waals surface area contributed by atoms with Crippen LogP contribution in [0.1, 0.15) is 36.8 Å². The third-order valence-corrected chi connectivity index (χ3v) is 4.35. The van der Waals surface area contributed by atoms with E-state index in [0.717, 1.165) is 0 Å². The van der Waals surface area contributed by atoms with Crippen molar-refractivity contribution in [3.05, 3.63) is 58.9 Å². The third kappa shape index (κ3) is 4.12. The number of nitrogens with one attached hydrogen (secondary N) is 1. The summed E-state index contributed by atoms with van der Waals surface area (Å²) in [5.74, 6) is -1.80. The van der Waals surface area contributed by atoms with E-state index < -0.39 is 11.9 Å². The molecule has 1 saturated heterocycles. The number of hydrogen-bond acceptors (Lipinski definition) is 5. The Morgan fingerprint density at radius 3 is 2.63 bits per heavy atom. The lowest BCUT2D eigenvalue weighted by Gasteiger charge is -2.27. The number of nitrogens with zero attached hydrogens (tertiary/aromatic N) is 2. The van der Waals surface area contributed by atoms with Crippen LogP contribution >= 0.6 is 0 Å². The Bertz CT molecular complexity index is 891. The fourth-order valence-electron chi connectivity index (χ4n) is 2.81. The highest BCUT2D eigenvalue weighted by atomic mass is 16.5. The summed E-state index contributed by atoms with van der Waals surface area (Å²) < 4.78 is 5.27. The molecule has 1 aliphatic heterocycles. The molecule has 1 aliphatic rings. The zero-order valence-corrected chi connectivity index (χ0v) is 14.8. The summed E-state index contributed by atoms with van der Waals surface area (Å²) in [5.41, 5.74) is 1.57. The molecule has 0 unspecified atom stereocenters. The van der Waals surface area contributed by atoms with E-state index in [1.54, 1.807) is 30.0 Å². The third-order valence-electron chi connectivity index (χ3n) is 4.35. The molecular formula is C19H19N3O5. The molecule has 1 aromatic heterocycles. The second-order valence-corrected chi connectivity index (χ2v) is 6.07. The lowest BCUT2D eigenvalue weighted by Crippen LogP contribution is -2.41. The molecule has 27 heavy (non-hydrogen) atoms.